The molecule has 0 atom stereocenters. The number of fused-ring (bicyclic) bond motifs is 1. The quantitative estimate of drug-likeness (QED) is 0.510. The van der Waals surface area contributed by atoms with Crippen molar-refractivity contribution in [1.82, 2.24) is 10.3 Å². The number of hydrogen-bond acceptors (Lipinski definition) is 3. The molecule has 4 rings (SSSR count). The van der Waals surface area contributed by atoms with E-state index in [1.165, 1.54) is 0 Å². The fraction of sp³-hybridized carbons (Fsp3) is 0.0800. The summed E-state index contributed by atoms with van der Waals surface area (Å²) in [6.45, 7) is 0.391. The summed E-state index contributed by atoms with van der Waals surface area (Å²) < 4.78 is 0. The molecule has 0 radical (unpaired) electrons. The number of amides is 2. The third-order valence-corrected chi connectivity index (χ3v) is 4.85. The van der Waals surface area contributed by atoms with E-state index in [4.69, 9.17) is 0 Å². The van der Waals surface area contributed by atoms with Crippen molar-refractivity contribution in [2.45, 2.75) is 13.0 Å². The van der Waals surface area contributed by atoms with Crippen LogP contribution < -0.4 is 10.6 Å². The lowest BCUT2D eigenvalue weighted by atomic mass is 10.0. The highest BCUT2D eigenvalue weighted by Crippen LogP contribution is 2.19. The molecule has 4 aromatic rings. The van der Waals surface area contributed by atoms with Crippen LogP contribution in [0, 0.1) is 0 Å². The molecule has 0 unspecified atom stereocenters. The highest BCUT2D eigenvalue weighted by Gasteiger charge is 2.08. The van der Waals surface area contributed by atoms with Gasteiger partial charge in [0, 0.05) is 30.2 Å². The maximum Gasteiger partial charge on any atom is 0.255 e. The van der Waals surface area contributed by atoms with E-state index in [0.29, 0.717) is 24.2 Å². The van der Waals surface area contributed by atoms with Crippen molar-refractivity contribution in [1.29, 1.82) is 0 Å². The summed E-state index contributed by atoms with van der Waals surface area (Å²) in [5.74, 6) is -0.243. The molecule has 30 heavy (non-hydrogen) atoms. The first-order valence-electron chi connectivity index (χ1n) is 9.73. The van der Waals surface area contributed by atoms with Crippen LogP contribution in [0.15, 0.2) is 91.3 Å². The van der Waals surface area contributed by atoms with Crippen LogP contribution in [-0.4, -0.2) is 16.8 Å². The minimum atomic E-state index is -0.199. The molecule has 5 heteroatoms. The van der Waals surface area contributed by atoms with Crippen molar-refractivity contribution in [2.75, 3.05) is 5.32 Å². The summed E-state index contributed by atoms with van der Waals surface area (Å²) in [5.41, 5.74) is 3.13. The van der Waals surface area contributed by atoms with E-state index in [1.807, 2.05) is 66.7 Å². The Labute approximate surface area is 174 Å². The first-order chi connectivity index (χ1) is 14.7. The number of nitrogens with one attached hydrogen (secondary N) is 2. The fourth-order valence-corrected chi connectivity index (χ4v) is 3.35. The second-order valence-corrected chi connectivity index (χ2v) is 6.98. The monoisotopic (exact) mass is 395 g/mol. The van der Waals surface area contributed by atoms with Crippen LogP contribution in [0.25, 0.3) is 10.8 Å². The molecule has 0 spiro atoms. The van der Waals surface area contributed by atoms with Crippen LogP contribution in [0.5, 0.6) is 0 Å². The van der Waals surface area contributed by atoms with Gasteiger partial charge in [0.25, 0.3) is 5.91 Å². The zero-order valence-electron chi connectivity index (χ0n) is 16.3. The van der Waals surface area contributed by atoms with Crippen molar-refractivity contribution in [3.8, 4) is 0 Å². The van der Waals surface area contributed by atoms with Crippen molar-refractivity contribution in [2.24, 2.45) is 0 Å². The average Bonchev–Trinajstić information content (AvgIpc) is 2.79. The van der Waals surface area contributed by atoms with E-state index >= 15 is 0 Å². The highest BCUT2D eigenvalue weighted by molar-refractivity contribution is 6.04. The first kappa shape index (κ1) is 19.3. The second-order valence-electron chi connectivity index (χ2n) is 6.98. The lowest BCUT2D eigenvalue weighted by Crippen LogP contribution is -2.24. The van der Waals surface area contributed by atoms with E-state index in [1.54, 1.807) is 24.5 Å². The number of nitrogens with zero attached hydrogens (tertiary/aromatic N) is 1. The van der Waals surface area contributed by atoms with Gasteiger partial charge in [-0.15, -0.1) is 0 Å². The van der Waals surface area contributed by atoms with Gasteiger partial charge < -0.3 is 10.6 Å². The molecule has 0 fully saturated rings. The molecule has 1 aromatic heterocycles. The van der Waals surface area contributed by atoms with Gasteiger partial charge in [-0.05, 0) is 46.2 Å². The Hall–Kier alpha value is -3.99. The van der Waals surface area contributed by atoms with E-state index in [2.05, 4.69) is 15.6 Å². The number of hydrogen-bond donors (Lipinski definition) is 2. The molecule has 2 amide bonds. The molecular formula is C25H21N3O2. The Morgan fingerprint density at radius 2 is 1.60 bits per heavy atom. The van der Waals surface area contributed by atoms with E-state index in [9.17, 15) is 9.59 Å². The lowest BCUT2D eigenvalue weighted by Gasteiger charge is -2.10. The summed E-state index contributed by atoms with van der Waals surface area (Å²) in [6.07, 6.45) is 3.48. The predicted octanol–water partition coefficient (Wildman–Crippen LogP) is 4.35. The molecule has 0 saturated heterocycles. The Morgan fingerprint density at radius 1 is 0.833 bits per heavy atom. The molecule has 3 aromatic carbocycles. The molecule has 0 bridgehead atoms. The smallest absolute Gasteiger partial charge is 0.255 e. The summed E-state index contributed by atoms with van der Waals surface area (Å²) in [4.78, 5) is 28.7. The van der Waals surface area contributed by atoms with Gasteiger partial charge in [0.1, 0.15) is 0 Å². The molecular weight excluding hydrogens is 374 g/mol. The number of pyridine rings is 1. The van der Waals surface area contributed by atoms with Crippen LogP contribution in [0.2, 0.25) is 0 Å². The zero-order valence-corrected chi connectivity index (χ0v) is 16.3. The van der Waals surface area contributed by atoms with E-state index < -0.39 is 0 Å². The summed E-state index contributed by atoms with van der Waals surface area (Å²) in [7, 11) is 0. The number of aromatic nitrogens is 1. The normalized spacial score (nSPS) is 10.5. The number of benzene rings is 3. The molecule has 0 aliphatic carbocycles. The first-order valence-corrected chi connectivity index (χ1v) is 9.73. The SMILES string of the molecule is O=C(Cc1cccc2ccccc12)NCc1cccc(NC(=O)c2ccncc2)c1. The number of carbonyl (C=O) groups excluding carboxylic acids is 2. The molecule has 0 aliphatic rings. The topological polar surface area (TPSA) is 71.1 Å². The lowest BCUT2D eigenvalue weighted by molar-refractivity contribution is -0.120. The van der Waals surface area contributed by atoms with E-state index in [-0.39, 0.29) is 11.8 Å². The predicted molar refractivity (Wildman–Crippen MR) is 118 cm³/mol. The third-order valence-electron chi connectivity index (χ3n) is 4.85. The minimum Gasteiger partial charge on any atom is -0.352 e. The van der Waals surface area contributed by atoms with Gasteiger partial charge in [0.05, 0.1) is 6.42 Å². The van der Waals surface area contributed by atoms with Crippen molar-refractivity contribution < 1.29 is 9.59 Å². The van der Waals surface area contributed by atoms with Gasteiger partial charge in [-0.25, -0.2) is 0 Å². The molecule has 0 aliphatic heterocycles. The van der Waals surface area contributed by atoms with Crippen molar-refractivity contribution in [3.05, 3.63) is 108 Å². The van der Waals surface area contributed by atoms with Crippen molar-refractivity contribution >= 4 is 28.3 Å². The summed E-state index contributed by atoms with van der Waals surface area (Å²) in [5, 5.41) is 8.05. The molecule has 1 heterocycles. The second kappa shape index (κ2) is 9.01. The van der Waals surface area contributed by atoms with Gasteiger partial charge in [-0.2, -0.15) is 0 Å². The van der Waals surface area contributed by atoms with Gasteiger partial charge in [0.15, 0.2) is 0 Å². The van der Waals surface area contributed by atoms with Crippen LogP contribution in [0.4, 0.5) is 5.69 Å². The zero-order chi connectivity index (χ0) is 20.8. The van der Waals surface area contributed by atoms with E-state index in [0.717, 1.165) is 21.9 Å². The number of anilines is 1. The largest absolute Gasteiger partial charge is 0.352 e. The number of carbonyl (C=O) groups is 2. The highest BCUT2D eigenvalue weighted by atomic mass is 16.2. The fourth-order valence-electron chi connectivity index (χ4n) is 3.35. The Kier molecular flexibility index (Phi) is 5.80. The Bertz CT molecular complexity index is 1180. The maximum absolute atomic E-state index is 12.5. The molecule has 2 N–H and O–H groups in total. The van der Waals surface area contributed by atoms with Crippen LogP contribution >= 0.6 is 0 Å². The van der Waals surface area contributed by atoms with Crippen molar-refractivity contribution in [3.63, 3.8) is 0 Å². The standard InChI is InChI=1S/C25H21N3O2/c29-24(16-21-8-4-7-19-6-1-2-10-23(19)21)27-17-18-5-3-9-22(15-18)28-25(30)20-11-13-26-14-12-20/h1-15H,16-17H2,(H,27,29)(H,28,30). The van der Waals surface area contributed by atoms with Gasteiger partial charge in [-0.3, -0.25) is 14.6 Å². The van der Waals surface area contributed by atoms with Crippen LogP contribution in [0.3, 0.4) is 0 Å². The number of rotatable bonds is 6. The molecule has 148 valence electrons. The Balaban J connectivity index is 1.37. The molecule has 0 saturated carbocycles. The van der Waals surface area contributed by atoms with Gasteiger partial charge in [0.2, 0.25) is 5.91 Å². The Morgan fingerprint density at radius 3 is 2.47 bits per heavy atom. The summed E-state index contributed by atoms with van der Waals surface area (Å²) >= 11 is 0. The minimum absolute atomic E-state index is 0.0439. The van der Waals surface area contributed by atoms with Gasteiger partial charge in [-0.1, -0.05) is 54.6 Å². The van der Waals surface area contributed by atoms with Crippen LogP contribution in [0.1, 0.15) is 21.5 Å². The third kappa shape index (κ3) is 4.70. The summed E-state index contributed by atoms with van der Waals surface area (Å²) in [6, 6.07) is 24.8. The maximum atomic E-state index is 12.5. The van der Waals surface area contributed by atoms with Crippen LogP contribution in [-0.2, 0) is 17.8 Å². The van der Waals surface area contributed by atoms with Gasteiger partial charge >= 0.3 is 0 Å². The average molecular weight is 395 g/mol. The molecule has 5 nitrogen and oxygen atoms in total.